The lowest BCUT2D eigenvalue weighted by Gasteiger charge is -2.35. The van der Waals surface area contributed by atoms with Gasteiger partial charge >= 0.3 is 0 Å². The van der Waals surface area contributed by atoms with Crippen molar-refractivity contribution in [3.8, 4) is 0 Å². The minimum absolute atomic E-state index is 0.192. The van der Waals surface area contributed by atoms with Crippen molar-refractivity contribution in [1.82, 2.24) is 15.1 Å². The molecule has 1 amide bonds. The van der Waals surface area contributed by atoms with Crippen LogP contribution in [0.4, 0.5) is 9.52 Å². The van der Waals surface area contributed by atoms with Crippen LogP contribution in [-0.2, 0) is 11.3 Å². The molecule has 1 fully saturated rings. The first-order chi connectivity index (χ1) is 12.7. The standard InChI is InChI=1S/C18H23FN4OS2/c1-2-15-5-3-4-10-23(15)16(24)12-25-18-22-21-17(26-18)20-11-13-6-8-14(19)9-7-13/h6-9,15H,2-5,10-12H2,1H3,(H,20,21)/t15-/m0/s1. The smallest absolute Gasteiger partial charge is 0.233 e. The van der Waals surface area contributed by atoms with Gasteiger partial charge < -0.3 is 10.2 Å². The van der Waals surface area contributed by atoms with Gasteiger partial charge in [0.15, 0.2) is 4.34 Å². The lowest BCUT2D eigenvalue weighted by atomic mass is 10.0. The minimum Gasteiger partial charge on any atom is -0.356 e. The summed E-state index contributed by atoms with van der Waals surface area (Å²) in [5.41, 5.74) is 0.974. The Labute approximate surface area is 161 Å². The Morgan fingerprint density at radius 1 is 1.35 bits per heavy atom. The van der Waals surface area contributed by atoms with Crippen molar-refractivity contribution in [1.29, 1.82) is 0 Å². The van der Waals surface area contributed by atoms with Crippen molar-refractivity contribution in [3.05, 3.63) is 35.6 Å². The summed E-state index contributed by atoms with van der Waals surface area (Å²) in [5.74, 6) is 0.355. The first-order valence-corrected chi connectivity index (χ1v) is 10.7. The number of hydrogen-bond donors (Lipinski definition) is 1. The number of anilines is 1. The van der Waals surface area contributed by atoms with E-state index in [-0.39, 0.29) is 11.7 Å². The Morgan fingerprint density at radius 3 is 2.92 bits per heavy atom. The molecule has 140 valence electrons. The average molecular weight is 395 g/mol. The monoisotopic (exact) mass is 394 g/mol. The normalized spacial score (nSPS) is 17.3. The van der Waals surface area contributed by atoms with Crippen LogP contribution in [0.2, 0.25) is 0 Å². The SMILES string of the molecule is CC[C@H]1CCCCN1C(=O)CSc1nnc(NCc2ccc(F)cc2)s1. The van der Waals surface area contributed by atoms with Gasteiger partial charge in [-0.1, -0.05) is 42.2 Å². The summed E-state index contributed by atoms with van der Waals surface area (Å²) in [7, 11) is 0. The number of carbonyl (C=O) groups is 1. The summed E-state index contributed by atoms with van der Waals surface area (Å²) < 4.78 is 13.7. The van der Waals surface area contributed by atoms with Crippen LogP contribution in [0, 0.1) is 5.82 Å². The van der Waals surface area contributed by atoms with E-state index in [1.54, 1.807) is 12.1 Å². The highest BCUT2D eigenvalue weighted by Crippen LogP contribution is 2.27. The molecule has 1 aromatic carbocycles. The van der Waals surface area contributed by atoms with E-state index in [0.29, 0.717) is 23.5 Å². The largest absolute Gasteiger partial charge is 0.356 e. The number of thioether (sulfide) groups is 1. The summed E-state index contributed by atoms with van der Waals surface area (Å²) >= 11 is 2.88. The predicted molar refractivity (Wildman–Crippen MR) is 104 cm³/mol. The van der Waals surface area contributed by atoms with E-state index >= 15 is 0 Å². The summed E-state index contributed by atoms with van der Waals surface area (Å²) in [4.78, 5) is 14.5. The van der Waals surface area contributed by atoms with Crippen molar-refractivity contribution in [2.24, 2.45) is 0 Å². The van der Waals surface area contributed by atoms with Gasteiger partial charge in [0.1, 0.15) is 5.82 Å². The molecule has 8 heteroatoms. The van der Waals surface area contributed by atoms with Gasteiger partial charge in [0.2, 0.25) is 11.0 Å². The lowest BCUT2D eigenvalue weighted by molar-refractivity contribution is -0.132. The number of amides is 1. The molecular weight excluding hydrogens is 371 g/mol. The number of aromatic nitrogens is 2. The van der Waals surface area contributed by atoms with E-state index < -0.39 is 0 Å². The van der Waals surface area contributed by atoms with E-state index in [4.69, 9.17) is 0 Å². The van der Waals surface area contributed by atoms with E-state index in [2.05, 4.69) is 22.4 Å². The molecule has 0 unspecified atom stereocenters. The molecule has 2 heterocycles. The Balaban J connectivity index is 1.47. The number of piperidine rings is 1. The number of carbonyl (C=O) groups excluding carboxylic acids is 1. The maximum Gasteiger partial charge on any atom is 0.233 e. The third kappa shape index (κ3) is 5.17. The molecule has 0 aliphatic carbocycles. The Kier molecular flexibility index (Phi) is 6.85. The van der Waals surface area contributed by atoms with Crippen LogP contribution < -0.4 is 5.32 Å². The zero-order valence-electron chi connectivity index (χ0n) is 14.8. The fourth-order valence-electron chi connectivity index (χ4n) is 3.08. The average Bonchev–Trinajstić information content (AvgIpc) is 3.13. The fourth-order valence-corrected chi connectivity index (χ4v) is 4.71. The van der Waals surface area contributed by atoms with Gasteiger partial charge in [-0.25, -0.2) is 4.39 Å². The Morgan fingerprint density at radius 2 is 2.15 bits per heavy atom. The zero-order chi connectivity index (χ0) is 18.4. The van der Waals surface area contributed by atoms with Crippen molar-refractivity contribution in [2.45, 2.75) is 49.5 Å². The summed E-state index contributed by atoms with van der Waals surface area (Å²) in [5, 5.41) is 12.1. The molecule has 1 aliphatic heterocycles. The van der Waals surface area contributed by atoms with Crippen molar-refractivity contribution in [2.75, 3.05) is 17.6 Å². The summed E-state index contributed by atoms with van der Waals surface area (Å²) in [6.45, 7) is 3.58. The molecule has 0 bridgehead atoms. The fraction of sp³-hybridized carbons (Fsp3) is 0.500. The van der Waals surface area contributed by atoms with Gasteiger partial charge in [0.25, 0.3) is 0 Å². The van der Waals surface area contributed by atoms with Crippen LogP contribution in [0.5, 0.6) is 0 Å². The zero-order valence-corrected chi connectivity index (χ0v) is 16.4. The third-order valence-electron chi connectivity index (χ3n) is 4.50. The van der Waals surface area contributed by atoms with Gasteiger partial charge in [0, 0.05) is 19.1 Å². The molecule has 2 aromatic rings. The predicted octanol–water partition coefficient (Wildman–Crippen LogP) is 4.17. The Bertz CT molecular complexity index is 722. The number of hydrogen-bond acceptors (Lipinski definition) is 6. The van der Waals surface area contributed by atoms with Gasteiger partial charge in [0.05, 0.1) is 5.75 Å². The maximum atomic E-state index is 12.9. The van der Waals surface area contributed by atoms with Gasteiger partial charge in [-0.05, 0) is 43.4 Å². The van der Waals surface area contributed by atoms with E-state index in [1.807, 2.05) is 4.90 Å². The molecule has 1 aromatic heterocycles. The highest BCUT2D eigenvalue weighted by molar-refractivity contribution is 8.01. The molecule has 26 heavy (non-hydrogen) atoms. The number of likely N-dealkylation sites (tertiary alicyclic amines) is 1. The van der Waals surface area contributed by atoms with Crippen molar-refractivity contribution in [3.63, 3.8) is 0 Å². The molecule has 1 aliphatic rings. The van der Waals surface area contributed by atoms with E-state index in [0.717, 1.165) is 35.7 Å². The van der Waals surface area contributed by atoms with Crippen molar-refractivity contribution >= 4 is 34.1 Å². The third-order valence-corrected chi connectivity index (χ3v) is 6.50. The first kappa shape index (κ1) is 19.1. The molecule has 1 atom stereocenters. The molecular formula is C18H23FN4OS2. The van der Waals surface area contributed by atoms with Crippen molar-refractivity contribution < 1.29 is 9.18 Å². The number of rotatable bonds is 7. The van der Waals surface area contributed by atoms with Crippen LogP contribution >= 0.6 is 23.1 Å². The van der Waals surface area contributed by atoms with E-state index in [9.17, 15) is 9.18 Å². The van der Waals surface area contributed by atoms with Crippen LogP contribution in [0.3, 0.4) is 0 Å². The lowest BCUT2D eigenvalue weighted by Crippen LogP contribution is -2.44. The summed E-state index contributed by atoms with van der Waals surface area (Å²) in [6, 6.07) is 6.74. The molecule has 5 nitrogen and oxygen atoms in total. The van der Waals surface area contributed by atoms with Crippen LogP contribution in [0.25, 0.3) is 0 Å². The molecule has 3 rings (SSSR count). The van der Waals surface area contributed by atoms with Gasteiger partial charge in [-0.2, -0.15) is 0 Å². The second kappa shape index (κ2) is 9.32. The summed E-state index contributed by atoms with van der Waals surface area (Å²) in [6.07, 6.45) is 4.45. The second-order valence-corrected chi connectivity index (χ2v) is 8.49. The van der Waals surface area contributed by atoms with Gasteiger partial charge in [-0.3, -0.25) is 4.79 Å². The minimum atomic E-state index is -0.243. The number of nitrogens with one attached hydrogen (secondary N) is 1. The molecule has 0 saturated carbocycles. The Hall–Kier alpha value is -1.67. The van der Waals surface area contributed by atoms with Crippen LogP contribution in [0.1, 0.15) is 38.2 Å². The second-order valence-electron chi connectivity index (χ2n) is 6.29. The quantitative estimate of drug-likeness (QED) is 0.714. The number of benzene rings is 1. The molecule has 1 N–H and O–H groups in total. The van der Waals surface area contributed by atoms with Crippen LogP contribution in [0.15, 0.2) is 28.6 Å². The van der Waals surface area contributed by atoms with Crippen LogP contribution in [-0.4, -0.2) is 39.3 Å². The molecule has 0 spiro atoms. The molecule has 0 radical (unpaired) electrons. The highest BCUT2D eigenvalue weighted by atomic mass is 32.2. The highest BCUT2D eigenvalue weighted by Gasteiger charge is 2.25. The topological polar surface area (TPSA) is 58.1 Å². The number of halogens is 1. The maximum absolute atomic E-state index is 12.9. The number of nitrogens with zero attached hydrogens (tertiary/aromatic N) is 3. The first-order valence-electron chi connectivity index (χ1n) is 8.90. The van der Waals surface area contributed by atoms with Gasteiger partial charge in [-0.15, -0.1) is 10.2 Å². The van der Waals surface area contributed by atoms with E-state index in [1.165, 1.54) is 41.7 Å². The molecule has 1 saturated heterocycles.